The molecule has 4 heteroatoms. The minimum Gasteiger partial charge on any atom is -0.411 e. The van der Waals surface area contributed by atoms with Crippen LogP contribution in [0, 0.1) is 11.8 Å². The molecular formula is C11H18N2O2. The average molecular weight is 210 g/mol. The third-order valence-electron chi connectivity index (χ3n) is 3.74. The summed E-state index contributed by atoms with van der Waals surface area (Å²) in [6, 6.07) is 0. The zero-order valence-corrected chi connectivity index (χ0v) is 8.89. The third-order valence-corrected chi connectivity index (χ3v) is 3.74. The van der Waals surface area contributed by atoms with Crippen molar-refractivity contribution in [1.82, 2.24) is 0 Å². The topological polar surface area (TPSA) is 65.2 Å². The first kappa shape index (κ1) is 10.5. The average Bonchev–Trinajstić information content (AvgIpc) is 2.87. The second-order valence-electron chi connectivity index (χ2n) is 4.60. The van der Waals surface area contributed by atoms with Gasteiger partial charge in [-0.15, -0.1) is 0 Å². The molecule has 0 heterocycles. The first-order valence-electron chi connectivity index (χ1n) is 5.76. The van der Waals surface area contributed by atoms with Crippen LogP contribution in [0.3, 0.4) is 0 Å². The second kappa shape index (κ2) is 4.64. The van der Waals surface area contributed by atoms with Crippen molar-refractivity contribution in [2.75, 3.05) is 0 Å². The van der Waals surface area contributed by atoms with Gasteiger partial charge in [-0.05, 0) is 44.9 Å². The maximum absolute atomic E-state index is 8.84. The number of oxime groups is 2. The summed E-state index contributed by atoms with van der Waals surface area (Å²) in [5.41, 5.74) is 1.89. The van der Waals surface area contributed by atoms with Crippen molar-refractivity contribution in [3.63, 3.8) is 0 Å². The summed E-state index contributed by atoms with van der Waals surface area (Å²) in [5.74, 6) is 0.824. The van der Waals surface area contributed by atoms with E-state index in [0.29, 0.717) is 11.8 Å². The Hall–Kier alpha value is -1.06. The Bertz CT molecular complexity index is 258. The fourth-order valence-electron chi connectivity index (χ4n) is 2.92. The molecule has 0 aromatic heterocycles. The summed E-state index contributed by atoms with van der Waals surface area (Å²) in [6.45, 7) is 0. The van der Waals surface area contributed by atoms with Crippen molar-refractivity contribution in [3.8, 4) is 0 Å². The fraction of sp³-hybridized carbons (Fsp3) is 0.818. The maximum atomic E-state index is 8.84. The molecule has 0 bridgehead atoms. The molecule has 2 saturated carbocycles. The highest BCUT2D eigenvalue weighted by molar-refractivity contribution is 5.91. The van der Waals surface area contributed by atoms with E-state index in [-0.39, 0.29) is 0 Å². The molecule has 2 N–H and O–H groups in total. The molecule has 0 aromatic carbocycles. The molecule has 2 aliphatic carbocycles. The quantitative estimate of drug-likeness (QED) is 0.543. The molecule has 0 aromatic rings. The van der Waals surface area contributed by atoms with Gasteiger partial charge in [-0.1, -0.05) is 10.3 Å². The van der Waals surface area contributed by atoms with E-state index < -0.39 is 0 Å². The van der Waals surface area contributed by atoms with Crippen molar-refractivity contribution >= 4 is 11.4 Å². The van der Waals surface area contributed by atoms with Gasteiger partial charge in [0.1, 0.15) is 0 Å². The summed E-state index contributed by atoms with van der Waals surface area (Å²) >= 11 is 0. The predicted octanol–water partition coefficient (Wildman–Crippen LogP) is 2.64. The first-order valence-corrected chi connectivity index (χ1v) is 5.76. The van der Waals surface area contributed by atoms with E-state index in [1.807, 2.05) is 0 Å². The van der Waals surface area contributed by atoms with E-state index >= 15 is 0 Å². The van der Waals surface area contributed by atoms with Gasteiger partial charge in [-0.3, -0.25) is 0 Å². The number of rotatable bonds is 2. The number of nitrogens with zero attached hydrogens (tertiary/aromatic N) is 2. The molecule has 0 saturated heterocycles. The largest absolute Gasteiger partial charge is 0.411 e. The van der Waals surface area contributed by atoms with Crippen LogP contribution in [-0.4, -0.2) is 21.8 Å². The van der Waals surface area contributed by atoms with E-state index in [2.05, 4.69) is 10.3 Å². The molecule has 0 aliphatic heterocycles. The van der Waals surface area contributed by atoms with Crippen molar-refractivity contribution in [3.05, 3.63) is 0 Å². The maximum Gasteiger partial charge on any atom is 0.0601 e. The Morgan fingerprint density at radius 1 is 0.933 bits per heavy atom. The molecule has 2 fully saturated rings. The smallest absolute Gasteiger partial charge is 0.0601 e. The Kier molecular flexibility index (Phi) is 3.23. The first-order chi connectivity index (χ1) is 7.35. The standard InChI is InChI=1S/C11H18N2O2/c14-12-10-5-1-3-8(10)7-9-4-2-6-11(9)13-15/h8-9,14-15H,1-7H2/b12-10-,13-11-. The van der Waals surface area contributed by atoms with Gasteiger partial charge in [-0.2, -0.15) is 0 Å². The molecule has 15 heavy (non-hydrogen) atoms. The molecular weight excluding hydrogens is 192 g/mol. The zero-order chi connectivity index (χ0) is 10.7. The molecule has 84 valence electrons. The van der Waals surface area contributed by atoms with Crippen LogP contribution in [0.15, 0.2) is 10.3 Å². The summed E-state index contributed by atoms with van der Waals surface area (Å²) in [4.78, 5) is 0. The molecule has 2 rings (SSSR count). The molecule has 2 unspecified atom stereocenters. The van der Waals surface area contributed by atoms with Gasteiger partial charge in [0.2, 0.25) is 0 Å². The molecule has 4 nitrogen and oxygen atoms in total. The lowest BCUT2D eigenvalue weighted by Crippen LogP contribution is -2.16. The van der Waals surface area contributed by atoms with Gasteiger partial charge in [0.05, 0.1) is 11.4 Å². The predicted molar refractivity (Wildman–Crippen MR) is 57.7 cm³/mol. The van der Waals surface area contributed by atoms with E-state index in [1.54, 1.807) is 0 Å². The summed E-state index contributed by atoms with van der Waals surface area (Å²) in [7, 11) is 0. The van der Waals surface area contributed by atoms with Crippen LogP contribution in [0.2, 0.25) is 0 Å². The Balaban J connectivity index is 1.96. The van der Waals surface area contributed by atoms with Gasteiger partial charge in [0.15, 0.2) is 0 Å². The van der Waals surface area contributed by atoms with Crippen LogP contribution in [0.1, 0.15) is 44.9 Å². The zero-order valence-electron chi connectivity index (χ0n) is 8.89. The van der Waals surface area contributed by atoms with E-state index in [0.717, 1.165) is 56.4 Å². The van der Waals surface area contributed by atoms with Crippen LogP contribution in [-0.2, 0) is 0 Å². The molecule has 2 atom stereocenters. The second-order valence-corrected chi connectivity index (χ2v) is 4.60. The van der Waals surface area contributed by atoms with Crippen LogP contribution < -0.4 is 0 Å². The van der Waals surface area contributed by atoms with Crippen LogP contribution in [0.25, 0.3) is 0 Å². The van der Waals surface area contributed by atoms with Crippen molar-refractivity contribution in [2.45, 2.75) is 44.9 Å². The summed E-state index contributed by atoms with van der Waals surface area (Å²) in [5, 5.41) is 24.4. The summed E-state index contributed by atoms with van der Waals surface area (Å²) in [6.07, 6.45) is 7.35. The molecule has 0 amide bonds. The van der Waals surface area contributed by atoms with E-state index in [4.69, 9.17) is 10.4 Å². The SMILES string of the molecule is O/N=C1/CCCC1CC1CCC/C1=N/O. The fourth-order valence-corrected chi connectivity index (χ4v) is 2.92. The Morgan fingerprint density at radius 3 is 1.80 bits per heavy atom. The van der Waals surface area contributed by atoms with Gasteiger partial charge in [0.25, 0.3) is 0 Å². The Morgan fingerprint density at radius 2 is 1.40 bits per heavy atom. The van der Waals surface area contributed by atoms with Crippen molar-refractivity contribution in [2.24, 2.45) is 22.1 Å². The van der Waals surface area contributed by atoms with Crippen LogP contribution >= 0.6 is 0 Å². The van der Waals surface area contributed by atoms with Crippen molar-refractivity contribution < 1.29 is 10.4 Å². The van der Waals surface area contributed by atoms with Gasteiger partial charge < -0.3 is 10.4 Å². The molecule has 0 spiro atoms. The highest BCUT2D eigenvalue weighted by Crippen LogP contribution is 2.34. The highest BCUT2D eigenvalue weighted by atomic mass is 16.4. The minimum absolute atomic E-state index is 0.412. The molecule has 2 aliphatic rings. The lowest BCUT2D eigenvalue weighted by Gasteiger charge is -2.15. The summed E-state index contributed by atoms with van der Waals surface area (Å²) < 4.78 is 0. The van der Waals surface area contributed by atoms with Gasteiger partial charge in [0, 0.05) is 11.8 Å². The van der Waals surface area contributed by atoms with E-state index in [1.165, 1.54) is 0 Å². The minimum atomic E-state index is 0.412. The lowest BCUT2D eigenvalue weighted by atomic mass is 9.90. The lowest BCUT2D eigenvalue weighted by molar-refractivity contribution is 0.310. The van der Waals surface area contributed by atoms with Gasteiger partial charge >= 0.3 is 0 Å². The highest BCUT2D eigenvalue weighted by Gasteiger charge is 2.30. The molecule has 0 radical (unpaired) electrons. The Labute approximate surface area is 89.7 Å². The normalized spacial score (nSPS) is 36.8. The monoisotopic (exact) mass is 210 g/mol. The number of hydrogen-bond acceptors (Lipinski definition) is 4. The van der Waals surface area contributed by atoms with E-state index in [9.17, 15) is 0 Å². The third kappa shape index (κ3) is 2.13. The van der Waals surface area contributed by atoms with Crippen LogP contribution in [0.5, 0.6) is 0 Å². The van der Waals surface area contributed by atoms with Gasteiger partial charge in [-0.25, -0.2) is 0 Å². The van der Waals surface area contributed by atoms with Crippen LogP contribution in [0.4, 0.5) is 0 Å². The van der Waals surface area contributed by atoms with Crippen molar-refractivity contribution in [1.29, 1.82) is 0 Å². The number of hydrogen-bond donors (Lipinski definition) is 2.